The Labute approximate surface area is 88.4 Å². The van der Waals surface area contributed by atoms with Gasteiger partial charge in [0.15, 0.2) is 0 Å². The molecule has 2 nitrogen and oxygen atoms in total. The molecule has 1 aliphatic rings. The molecule has 0 spiro atoms. The number of hydrogen-bond donors (Lipinski definition) is 1. The van der Waals surface area contributed by atoms with E-state index in [2.05, 4.69) is 33.0 Å². The van der Waals surface area contributed by atoms with E-state index in [-0.39, 0.29) is 11.1 Å². The third-order valence-corrected chi connectivity index (χ3v) is 4.08. The fraction of sp³-hybridized carbons (Fsp3) is 1.00. The van der Waals surface area contributed by atoms with E-state index < -0.39 is 0 Å². The molecule has 0 aromatic rings. The van der Waals surface area contributed by atoms with Crippen LogP contribution in [-0.4, -0.2) is 24.3 Å². The molecule has 0 bridgehead atoms. The molecule has 1 N–H and O–H groups in total. The molecule has 1 aliphatic heterocycles. The van der Waals surface area contributed by atoms with E-state index in [1.165, 1.54) is 0 Å². The summed E-state index contributed by atoms with van der Waals surface area (Å²) in [5, 5.41) is 3.70. The second kappa shape index (κ2) is 4.63. The first kappa shape index (κ1) is 12.0. The van der Waals surface area contributed by atoms with Gasteiger partial charge in [0.25, 0.3) is 0 Å². The number of rotatable bonds is 4. The maximum Gasteiger partial charge on any atom is 0.0802 e. The number of nitrogens with one attached hydrogen (secondary N) is 1. The second-order valence-corrected chi connectivity index (χ2v) is 4.52. The summed E-state index contributed by atoms with van der Waals surface area (Å²) in [6, 6.07) is 0. The van der Waals surface area contributed by atoms with Gasteiger partial charge < -0.3 is 10.1 Å². The Morgan fingerprint density at radius 2 is 1.57 bits per heavy atom. The fourth-order valence-electron chi connectivity index (χ4n) is 2.15. The third kappa shape index (κ3) is 2.12. The summed E-state index contributed by atoms with van der Waals surface area (Å²) in [7, 11) is 0. The van der Waals surface area contributed by atoms with Crippen molar-refractivity contribution < 1.29 is 4.74 Å². The van der Waals surface area contributed by atoms with Crippen molar-refractivity contribution >= 4 is 0 Å². The predicted octanol–water partition coefficient (Wildman–Crippen LogP) is 2.72. The Morgan fingerprint density at radius 3 is 1.86 bits per heavy atom. The lowest BCUT2D eigenvalue weighted by Gasteiger charge is -2.46. The van der Waals surface area contributed by atoms with E-state index >= 15 is 0 Å². The first-order valence-corrected chi connectivity index (χ1v) is 6.05. The molecular formula is C12H25NO. The van der Waals surface area contributed by atoms with Crippen LogP contribution in [0.15, 0.2) is 0 Å². The highest BCUT2D eigenvalue weighted by Crippen LogP contribution is 2.29. The summed E-state index contributed by atoms with van der Waals surface area (Å²) in [6.45, 7) is 10.8. The van der Waals surface area contributed by atoms with Crippen LogP contribution in [0.3, 0.4) is 0 Å². The summed E-state index contributed by atoms with van der Waals surface area (Å²) in [6.07, 6.45) is 4.54. The molecule has 0 aliphatic carbocycles. The van der Waals surface area contributed by atoms with Gasteiger partial charge in [0.1, 0.15) is 0 Å². The van der Waals surface area contributed by atoms with Gasteiger partial charge in [-0.2, -0.15) is 0 Å². The zero-order valence-electron chi connectivity index (χ0n) is 10.2. The summed E-state index contributed by atoms with van der Waals surface area (Å²) in [5.74, 6) is 0. The van der Waals surface area contributed by atoms with E-state index in [0.717, 1.165) is 38.8 Å². The number of ether oxygens (including phenoxy) is 1. The summed E-state index contributed by atoms with van der Waals surface area (Å²) < 4.78 is 6.10. The largest absolute Gasteiger partial charge is 0.372 e. The minimum absolute atomic E-state index is 0.105. The Hall–Kier alpha value is -0.0800. The average molecular weight is 199 g/mol. The second-order valence-electron chi connectivity index (χ2n) is 4.52. The van der Waals surface area contributed by atoms with Crippen LogP contribution in [0.25, 0.3) is 0 Å². The van der Waals surface area contributed by atoms with Crippen molar-refractivity contribution in [2.45, 2.75) is 64.5 Å². The fourth-order valence-corrected chi connectivity index (χ4v) is 2.15. The van der Waals surface area contributed by atoms with Gasteiger partial charge in [-0.3, -0.25) is 0 Å². The van der Waals surface area contributed by atoms with E-state index in [0.29, 0.717) is 0 Å². The number of morpholine rings is 1. The Kier molecular flexibility index (Phi) is 3.96. The first-order valence-electron chi connectivity index (χ1n) is 6.05. The Balaban J connectivity index is 2.59. The lowest BCUT2D eigenvalue weighted by molar-refractivity contribution is -0.114. The van der Waals surface area contributed by atoms with Crippen molar-refractivity contribution in [3.8, 4) is 0 Å². The van der Waals surface area contributed by atoms with Crippen molar-refractivity contribution in [1.82, 2.24) is 5.32 Å². The molecule has 2 heteroatoms. The van der Waals surface area contributed by atoms with E-state index in [9.17, 15) is 0 Å². The highest BCUT2D eigenvalue weighted by atomic mass is 16.5. The quantitative estimate of drug-likeness (QED) is 0.751. The lowest BCUT2D eigenvalue weighted by Crippen LogP contribution is -2.61. The van der Waals surface area contributed by atoms with Gasteiger partial charge in [-0.25, -0.2) is 0 Å². The van der Waals surface area contributed by atoms with Gasteiger partial charge in [-0.1, -0.05) is 27.7 Å². The van der Waals surface area contributed by atoms with Gasteiger partial charge in [0.2, 0.25) is 0 Å². The molecule has 0 radical (unpaired) electrons. The van der Waals surface area contributed by atoms with Crippen LogP contribution in [0.5, 0.6) is 0 Å². The topological polar surface area (TPSA) is 21.3 Å². The molecule has 1 fully saturated rings. The molecule has 0 unspecified atom stereocenters. The Bertz CT molecular complexity index is 139. The normalized spacial score (nSPS) is 24.9. The summed E-state index contributed by atoms with van der Waals surface area (Å²) in [4.78, 5) is 0. The molecule has 1 saturated heterocycles. The van der Waals surface area contributed by atoms with Gasteiger partial charge >= 0.3 is 0 Å². The Morgan fingerprint density at radius 1 is 1.00 bits per heavy atom. The molecule has 84 valence electrons. The monoisotopic (exact) mass is 199 g/mol. The SMILES string of the molecule is CCC1(CC)COC(CC)(CC)CN1. The lowest BCUT2D eigenvalue weighted by atomic mass is 9.87. The zero-order chi connectivity index (χ0) is 10.7. The first-order chi connectivity index (χ1) is 6.66. The van der Waals surface area contributed by atoms with Crippen molar-refractivity contribution in [3.05, 3.63) is 0 Å². The average Bonchev–Trinajstić information content (AvgIpc) is 2.29. The van der Waals surface area contributed by atoms with Crippen LogP contribution < -0.4 is 5.32 Å². The van der Waals surface area contributed by atoms with Crippen LogP contribution in [0.1, 0.15) is 53.4 Å². The highest BCUT2D eigenvalue weighted by Gasteiger charge is 2.39. The molecule has 0 aromatic carbocycles. The zero-order valence-corrected chi connectivity index (χ0v) is 10.2. The molecular weight excluding hydrogens is 174 g/mol. The van der Waals surface area contributed by atoms with Gasteiger partial charge in [0.05, 0.1) is 12.2 Å². The van der Waals surface area contributed by atoms with Gasteiger partial charge in [0, 0.05) is 12.1 Å². The van der Waals surface area contributed by atoms with E-state index in [1.807, 2.05) is 0 Å². The van der Waals surface area contributed by atoms with Crippen LogP contribution in [0, 0.1) is 0 Å². The van der Waals surface area contributed by atoms with Crippen molar-refractivity contribution in [2.75, 3.05) is 13.2 Å². The van der Waals surface area contributed by atoms with Crippen molar-refractivity contribution in [2.24, 2.45) is 0 Å². The molecule has 0 aromatic heterocycles. The summed E-state index contributed by atoms with van der Waals surface area (Å²) >= 11 is 0. The van der Waals surface area contributed by atoms with E-state index in [1.54, 1.807) is 0 Å². The minimum atomic E-state index is 0.105. The molecule has 0 saturated carbocycles. The highest BCUT2D eigenvalue weighted by molar-refractivity contribution is 4.95. The molecule has 1 rings (SSSR count). The molecule has 0 amide bonds. The molecule has 1 heterocycles. The molecule has 0 atom stereocenters. The van der Waals surface area contributed by atoms with Crippen LogP contribution in [0.2, 0.25) is 0 Å². The van der Waals surface area contributed by atoms with Gasteiger partial charge in [-0.15, -0.1) is 0 Å². The number of hydrogen-bond acceptors (Lipinski definition) is 2. The van der Waals surface area contributed by atoms with Crippen molar-refractivity contribution in [3.63, 3.8) is 0 Å². The predicted molar refractivity (Wildman–Crippen MR) is 60.6 cm³/mol. The third-order valence-electron chi connectivity index (χ3n) is 4.08. The van der Waals surface area contributed by atoms with Crippen LogP contribution >= 0.6 is 0 Å². The molecule has 14 heavy (non-hydrogen) atoms. The standard InChI is InChI=1S/C12H25NO/c1-5-11(6-2)10-14-12(7-3,8-4)9-13-11/h13H,5-10H2,1-4H3. The summed E-state index contributed by atoms with van der Waals surface area (Å²) in [5.41, 5.74) is 0.349. The van der Waals surface area contributed by atoms with Gasteiger partial charge in [-0.05, 0) is 25.7 Å². The smallest absolute Gasteiger partial charge is 0.0802 e. The van der Waals surface area contributed by atoms with E-state index in [4.69, 9.17) is 4.74 Å². The minimum Gasteiger partial charge on any atom is -0.372 e. The van der Waals surface area contributed by atoms with Crippen LogP contribution in [-0.2, 0) is 4.74 Å². The van der Waals surface area contributed by atoms with Crippen molar-refractivity contribution in [1.29, 1.82) is 0 Å². The maximum absolute atomic E-state index is 6.10. The van der Waals surface area contributed by atoms with Crippen LogP contribution in [0.4, 0.5) is 0 Å². The maximum atomic E-state index is 6.10.